The van der Waals surface area contributed by atoms with Crippen LogP contribution in [-0.2, 0) is 0 Å². The standard InChI is InChI=1S/C5H11.C4H9.C3H9Si.2C3H7.C2H5.CH3/c1-5(2,3)4;1-3-4-2;1-4(2)3;2*1-3-2;1-2;/h1H2,2-4H3;1,3-4H2,2H3;1-3H3;3H,1-2H3;1,3H2,2H3;1H2,2H3;1H3. The van der Waals surface area contributed by atoms with E-state index in [1.165, 1.54) is 6.42 Å². The van der Waals surface area contributed by atoms with Crippen molar-refractivity contribution < 1.29 is 0 Å². The lowest BCUT2D eigenvalue weighted by atomic mass is 10.0. The van der Waals surface area contributed by atoms with Crippen LogP contribution in [0.2, 0.25) is 19.6 Å². The molecule has 0 heterocycles. The maximum atomic E-state index is 3.77. The molecule has 0 aliphatic carbocycles. The van der Waals surface area contributed by atoms with Gasteiger partial charge in [-0.2, -0.15) is 0 Å². The van der Waals surface area contributed by atoms with Crippen molar-refractivity contribution in [2.24, 2.45) is 5.41 Å². The maximum absolute atomic E-state index is 3.77. The van der Waals surface area contributed by atoms with E-state index < -0.39 is 0 Å². The van der Waals surface area contributed by atoms with E-state index in [2.05, 4.69) is 75.0 Å². The van der Waals surface area contributed by atoms with Gasteiger partial charge in [0.25, 0.3) is 0 Å². The van der Waals surface area contributed by atoms with Crippen LogP contribution in [0.1, 0.15) is 74.7 Å². The van der Waals surface area contributed by atoms with E-state index in [9.17, 15) is 0 Å². The third-order valence-corrected chi connectivity index (χ3v) is 0.354. The number of hydrogen-bond donors (Lipinski definition) is 0. The Kier molecular flexibility index (Phi) is 97.5. The summed E-state index contributed by atoms with van der Waals surface area (Å²) >= 11 is 0. The van der Waals surface area contributed by atoms with Gasteiger partial charge in [0, 0.05) is 8.80 Å². The summed E-state index contributed by atoms with van der Waals surface area (Å²) in [5.74, 6) is 0. The molecule has 0 aromatic heterocycles. The Balaban J connectivity index is -0.0000000249. The van der Waals surface area contributed by atoms with Gasteiger partial charge in [-0.25, -0.2) is 0 Å². The number of rotatable bonds is 1. The minimum absolute atomic E-state index is 0. The summed E-state index contributed by atoms with van der Waals surface area (Å²) in [5, 5.41) is 0. The molecule has 7 radical (unpaired) electrons. The zero-order valence-electron chi connectivity index (χ0n) is 18.5. The number of hydrogen-bond acceptors (Lipinski definition) is 0. The summed E-state index contributed by atoms with van der Waals surface area (Å²) in [6.45, 7) is 37.0. The monoisotopic (exact) mass is 331 g/mol. The van der Waals surface area contributed by atoms with E-state index in [1.807, 2.05) is 27.2 Å². The molecular weight excluding hydrogens is 280 g/mol. The summed E-state index contributed by atoms with van der Waals surface area (Å²) < 4.78 is 0. The Morgan fingerprint density at radius 3 is 0.955 bits per heavy atom. The van der Waals surface area contributed by atoms with Crippen LogP contribution in [0.5, 0.6) is 0 Å². The van der Waals surface area contributed by atoms with Gasteiger partial charge in [-0.15, -0.1) is 0 Å². The molecule has 0 atom stereocenters. The van der Waals surface area contributed by atoms with Gasteiger partial charge in [0.05, 0.1) is 0 Å². The maximum Gasteiger partial charge on any atom is 0.0379 e. The van der Waals surface area contributed by atoms with E-state index in [0.29, 0.717) is 0 Å². The van der Waals surface area contributed by atoms with Crippen LogP contribution in [0.4, 0.5) is 0 Å². The van der Waals surface area contributed by atoms with E-state index in [0.717, 1.165) is 12.8 Å². The lowest BCUT2D eigenvalue weighted by Gasteiger charge is -2.05. The fraction of sp³-hybridized carbons (Fsp3) is 0.714. The third-order valence-electron chi connectivity index (χ3n) is 0.354. The molecule has 0 fully saturated rings. The average Bonchev–Trinajstić information content (AvgIpc) is 2.30. The molecule has 0 bridgehead atoms. The lowest BCUT2D eigenvalue weighted by Crippen LogP contribution is -1.94. The topological polar surface area (TPSA) is 0 Å². The molecule has 0 nitrogen and oxygen atoms in total. The van der Waals surface area contributed by atoms with Gasteiger partial charge in [-0.05, 0) is 18.8 Å². The predicted molar refractivity (Wildman–Crippen MR) is 117 cm³/mol. The molecular formula is C21H51Si. The first-order chi connectivity index (χ1) is 9.47. The van der Waals surface area contributed by atoms with Crippen molar-refractivity contribution in [1.82, 2.24) is 0 Å². The van der Waals surface area contributed by atoms with Gasteiger partial charge in [0.15, 0.2) is 0 Å². The first-order valence-corrected chi connectivity index (χ1v) is 11.1. The van der Waals surface area contributed by atoms with Crippen molar-refractivity contribution in [3.8, 4) is 0 Å². The Morgan fingerprint density at radius 1 is 0.909 bits per heavy atom. The zero-order valence-corrected chi connectivity index (χ0v) is 19.5. The van der Waals surface area contributed by atoms with Crippen LogP contribution in [0.25, 0.3) is 0 Å². The van der Waals surface area contributed by atoms with E-state index in [1.54, 1.807) is 6.92 Å². The van der Waals surface area contributed by atoms with Gasteiger partial charge in [0.1, 0.15) is 0 Å². The molecule has 0 aliphatic heterocycles. The van der Waals surface area contributed by atoms with E-state index in [-0.39, 0.29) is 21.6 Å². The minimum atomic E-state index is 0. The Bertz CT molecular complexity index is 77.8. The molecule has 0 rings (SSSR count). The van der Waals surface area contributed by atoms with Crippen molar-refractivity contribution in [3.63, 3.8) is 0 Å². The molecule has 0 amide bonds. The molecule has 0 aromatic carbocycles. The van der Waals surface area contributed by atoms with Crippen LogP contribution >= 0.6 is 0 Å². The molecule has 1 heteroatoms. The Hall–Kier alpha value is 0.217. The molecule has 139 valence electrons. The molecule has 0 spiro atoms. The summed E-state index contributed by atoms with van der Waals surface area (Å²) in [7, 11) is 0.120. The van der Waals surface area contributed by atoms with Gasteiger partial charge in [0.2, 0.25) is 0 Å². The first-order valence-electron chi connectivity index (χ1n) is 8.13. The van der Waals surface area contributed by atoms with Crippen LogP contribution in [-0.4, -0.2) is 8.80 Å². The molecule has 0 saturated heterocycles. The Labute approximate surface area is 150 Å². The zero-order chi connectivity index (χ0) is 18.9. The third kappa shape index (κ3) is 5040. The average molecular weight is 332 g/mol. The largest absolute Gasteiger partial charge is 0.0715 e. The van der Waals surface area contributed by atoms with Crippen molar-refractivity contribution in [2.75, 3.05) is 0 Å². The van der Waals surface area contributed by atoms with Gasteiger partial charge in [-0.1, -0.05) is 122 Å². The predicted octanol–water partition coefficient (Wildman–Crippen LogP) is 8.61. The van der Waals surface area contributed by atoms with Crippen molar-refractivity contribution in [1.29, 1.82) is 0 Å². The van der Waals surface area contributed by atoms with Gasteiger partial charge >= 0.3 is 0 Å². The van der Waals surface area contributed by atoms with Crippen molar-refractivity contribution in [3.05, 3.63) is 41.5 Å². The smallest absolute Gasteiger partial charge is 0.0379 e. The van der Waals surface area contributed by atoms with Gasteiger partial charge in [-0.3, -0.25) is 0 Å². The second-order valence-corrected chi connectivity index (χ2v) is 8.99. The minimum Gasteiger partial charge on any atom is -0.0715 e. The number of unbranched alkanes of at least 4 members (excludes halogenated alkanes) is 1. The summed E-state index contributed by atoms with van der Waals surface area (Å²) in [6, 6.07) is 0. The molecule has 0 aromatic rings. The molecule has 22 heavy (non-hydrogen) atoms. The van der Waals surface area contributed by atoms with Crippen LogP contribution in [0.15, 0.2) is 0 Å². The van der Waals surface area contributed by atoms with Gasteiger partial charge < -0.3 is 0 Å². The van der Waals surface area contributed by atoms with Crippen LogP contribution < -0.4 is 0 Å². The van der Waals surface area contributed by atoms with E-state index >= 15 is 0 Å². The summed E-state index contributed by atoms with van der Waals surface area (Å²) in [4.78, 5) is 0. The highest BCUT2D eigenvalue weighted by molar-refractivity contribution is 6.54. The molecule has 0 aliphatic rings. The normalized spacial score (nSPS) is 7.64. The summed E-state index contributed by atoms with van der Waals surface area (Å²) in [6.07, 6.45) is 5.28. The quantitative estimate of drug-likeness (QED) is 0.422. The molecule has 0 saturated carbocycles. The highest BCUT2D eigenvalue weighted by atomic mass is 28.3. The fourth-order valence-corrected chi connectivity index (χ4v) is 0. The SMILES string of the molecule is C[CH]C.C[Si](C)C.[CH2]C.[CH2]C(C)(C)C.[CH2]CC.[CH2]CCC.[CH3]. The Morgan fingerprint density at radius 2 is 0.955 bits per heavy atom. The van der Waals surface area contributed by atoms with Crippen LogP contribution in [0, 0.1) is 47.0 Å². The second-order valence-electron chi connectivity index (χ2n) is 5.99. The van der Waals surface area contributed by atoms with Crippen molar-refractivity contribution in [2.45, 2.75) is 94.3 Å². The first kappa shape index (κ1) is 43.2. The van der Waals surface area contributed by atoms with E-state index in [4.69, 9.17) is 0 Å². The molecule has 0 unspecified atom stereocenters. The highest BCUT2D eigenvalue weighted by Gasteiger charge is 1.95. The molecule has 0 N–H and O–H groups in total. The fourth-order valence-electron chi connectivity index (χ4n) is 0. The van der Waals surface area contributed by atoms with Crippen molar-refractivity contribution >= 4 is 8.80 Å². The lowest BCUT2D eigenvalue weighted by molar-refractivity contribution is 0.539. The summed E-state index contributed by atoms with van der Waals surface area (Å²) in [5.41, 5.74) is 0.250. The second kappa shape index (κ2) is 49.6. The highest BCUT2D eigenvalue weighted by Crippen LogP contribution is 2.07. The van der Waals surface area contributed by atoms with Crippen LogP contribution in [0.3, 0.4) is 0 Å².